The van der Waals surface area contributed by atoms with Gasteiger partial charge >= 0.3 is 0 Å². The molecule has 108 valence electrons. The second-order valence-electron chi connectivity index (χ2n) is 4.69. The van der Waals surface area contributed by atoms with E-state index < -0.39 is 0 Å². The zero-order chi connectivity index (χ0) is 14.5. The number of hydrogen-bond acceptors (Lipinski definition) is 5. The molecule has 0 aliphatic heterocycles. The molecule has 6 heteroatoms. The van der Waals surface area contributed by atoms with Gasteiger partial charge in [0, 0.05) is 37.7 Å². The minimum absolute atomic E-state index is 0.0459. The molecule has 0 saturated carbocycles. The number of rotatable bonds is 6. The van der Waals surface area contributed by atoms with Crippen molar-refractivity contribution in [1.82, 2.24) is 20.1 Å². The number of phenolic OH excluding ortho intramolecular Hbond substituents is 1. The van der Waals surface area contributed by atoms with E-state index in [1.54, 1.807) is 24.2 Å². The summed E-state index contributed by atoms with van der Waals surface area (Å²) in [5.74, 6) is 1.70. The van der Waals surface area contributed by atoms with Gasteiger partial charge in [0.15, 0.2) is 5.82 Å². The Morgan fingerprint density at radius 2 is 2.25 bits per heavy atom. The lowest BCUT2D eigenvalue weighted by Gasteiger charge is -2.15. The molecule has 2 N–H and O–H groups in total. The average Bonchev–Trinajstić information content (AvgIpc) is 2.84. The molecule has 1 aromatic carbocycles. The highest BCUT2D eigenvalue weighted by Gasteiger charge is 2.11. The Balaban J connectivity index is 1.89. The summed E-state index contributed by atoms with van der Waals surface area (Å²) in [4.78, 5) is 4.17. The molecule has 1 unspecified atom stereocenters. The Kier molecular flexibility index (Phi) is 4.57. The first-order valence-electron chi connectivity index (χ1n) is 6.55. The minimum Gasteiger partial charge on any atom is -0.507 e. The molecule has 1 heterocycles. The molecule has 2 aromatic rings. The second-order valence-corrected chi connectivity index (χ2v) is 4.69. The van der Waals surface area contributed by atoms with Crippen LogP contribution in [-0.2, 0) is 13.5 Å². The maximum atomic E-state index is 9.96. The molecule has 20 heavy (non-hydrogen) atoms. The fraction of sp³-hybridized carbons (Fsp3) is 0.429. The van der Waals surface area contributed by atoms with E-state index in [2.05, 4.69) is 15.4 Å². The highest BCUT2D eigenvalue weighted by Crippen LogP contribution is 2.28. The molecule has 6 nitrogen and oxygen atoms in total. The van der Waals surface area contributed by atoms with Crippen LogP contribution in [0.5, 0.6) is 11.5 Å². The van der Waals surface area contributed by atoms with E-state index in [1.807, 2.05) is 26.1 Å². The number of phenols is 1. The van der Waals surface area contributed by atoms with Gasteiger partial charge in [0.05, 0.1) is 7.11 Å². The van der Waals surface area contributed by atoms with Crippen LogP contribution in [0.25, 0.3) is 0 Å². The van der Waals surface area contributed by atoms with Crippen molar-refractivity contribution in [3.05, 3.63) is 35.9 Å². The van der Waals surface area contributed by atoms with E-state index in [1.165, 1.54) is 0 Å². The van der Waals surface area contributed by atoms with E-state index in [4.69, 9.17) is 4.74 Å². The fourth-order valence-electron chi connectivity index (χ4n) is 2.03. The number of benzene rings is 1. The Hall–Kier alpha value is -2.08. The topological polar surface area (TPSA) is 72.2 Å². The predicted molar refractivity (Wildman–Crippen MR) is 75.8 cm³/mol. The van der Waals surface area contributed by atoms with Crippen molar-refractivity contribution in [1.29, 1.82) is 0 Å². The maximum Gasteiger partial charge on any atom is 0.151 e. The lowest BCUT2D eigenvalue weighted by Crippen LogP contribution is -2.21. The number of nitrogens with one attached hydrogen (secondary N) is 1. The molecule has 0 aliphatic rings. The monoisotopic (exact) mass is 276 g/mol. The molecule has 2 rings (SSSR count). The van der Waals surface area contributed by atoms with Crippen molar-refractivity contribution >= 4 is 0 Å². The number of ether oxygens (including phenoxy) is 1. The largest absolute Gasteiger partial charge is 0.507 e. The Bertz CT molecular complexity index is 568. The van der Waals surface area contributed by atoms with E-state index in [9.17, 15) is 5.11 Å². The molecular formula is C14H20N4O2. The summed E-state index contributed by atoms with van der Waals surface area (Å²) in [6.07, 6.45) is 2.44. The minimum atomic E-state index is 0.0459. The third-order valence-corrected chi connectivity index (χ3v) is 3.15. The van der Waals surface area contributed by atoms with Gasteiger partial charge in [-0.3, -0.25) is 4.68 Å². The van der Waals surface area contributed by atoms with E-state index >= 15 is 0 Å². The van der Waals surface area contributed by atoms with Crippen molar-refractivity contribution in [2.24, 2.45) is 7.05 Å². The normalized spacial score (nSPS) is 12.3. The van der Waals surface area contributed by atoms with Gasteiger partial charge in [-0.15, -0.1) is 0 Å². The molecule has 0 spiro atoms. The van der Waals surface area contributed by atoms with Crippen LogP contribution in [-0.4, -0.2) is 33.5 Å². The molecule has 1 atom stereocenters. The summed E-state index contributed by atoms with van der Waals surface area (Å²) >= 11 is 0. The Morgan fingerprint density at radius 3 is 2.85 bits per heavy atom. The maximum absolute atomic E-state index is 9.96. The summed E-state index contributed by atoms with van der Waals surface area (Å²) in [5, 5.41) is 17.5. The van der Waals surface area contributed by atoms with Gasteiger partial charge < -0.3 is 15.2 Å². The Labute approximate surface area is 118 Å². The summed E-state index contributed by atoms with van der Waals surface area (Å²) in [6, 6.07) is 5.37. The fourth-order valence-corrected chi connectivity index (χ4v) is 2.03. The Morgan fingerprint density at radius 1 is 1.45 bits per heavy atom. The van der Waals surface area contributed by atoms with Crippen LogP contribution in [0.1, 0.15) is 24.4 Å². The van der Waals surface area contributed by atoms with Crippen LogP contribution >= 0.6 is 0 Å². The average molecular weight is 276 g/mol. The van der Waals surface area contributed by atoms with Gasteiger partial charge in [-0.2, -0.15) is 5.10 Å². The molecular weight excluding hydrogens is 256 g/mol. The number of aromatic nitrogens is 3. The summed E-state index contributed by atoms with van der Waals surface area (Å²) in [7, 11) is 3.43. The first-order valence-corrected chi connectivity index (χ1v) is 6.55. The standard InChI is InChI=1S/C14H20N4O2/c1-10(12-5-4-11(20-3)8-13(12)19)15-7-6-14-16-9-18(2)17-14/h4-5,8-10,15,19H,6-7H2,1-3H3. The van der Waals surface area contributed by atoms with Crippen molar-refractivity contribution in [2.75, 3.05) is 13.7 Å². The number of methoxy groups -OCH3 is 1. The van der Waals surface area contributed by atoms with Gasteiger partial charge in [0.1, 0.15) is 17.8 Å². The highest BCUT2D eigenvalue weighted by molar-refractivity contribution is 5.41. The van der Waals surface area contributed by atoms with Gasteiger partial charge in [-0.25, -0.2) is 4.98 Å². The van der Waals surface area contributed by atoms with Crippen LogP contribution in [0, 0.1) is 0 Å². The molecule has 0 radical (unpaired) electrons. The predicted octanol–water partition coefficient (Wildman–Crippen LogP) is 1.42. The first kappa shape index (κ1) is 14.3. The third-order valence-electron chi connectivity index (χ3n) is 3.15. The molecule has 0 saturated heterocycles. The van der Waals surface area contributed by atoms with Crippen LogP contribution in [0.4, 0.5) is 0 Å². The van der Waals surface area contributed by atoms with Crippen molar-refractivity contribution < 1.29 is 9.84 Å². The summed E-state index contributed by atoms with van der Waals surface area (Å²) < 4.78 is 6.76. The number of aromatic hydroxyl groups is 1. The first-order chi connectivity index (χ1) is 9.60. The second kappa shape index (κ2) is 6.38. The van der Waals surface area contributed by atoms with E-state index in [0.29, 0.717) is 5.75 Å². The molecule has 1 aromatic heterocycles. The molecule has 0 bridgehead atoms. The lowest BCUT2D eigenvalue weighted by atomic mass is 10.1. The van der Waals surface area contributed by atoms with E-state index in [0.717, 1.165) is 24.4 Å². The SMILES string of the molecule is COc1ccc(C(C)NCCc2ncn(C)n2)c(O)c1. The summed E-state index contributed by atoms with van der Waals surface area (Å²) in [6.45, 7) is 2.75. The van der Waals surface area contributed by atoms with Crippen LogP contribution in [0.2, 0.25) is 0 Å². The number of aryl methyl sites for hydroxylation is 1. The van der Waals surface area contributed by atoms with Crippen molar-refractivity contribution in [3.63, 3.8) is 0 Å². The zero-order valence-electron chi connectivity index (χ0n) is 12.0. The summed E-state index contributed by atoms with van der Waals surface area (Å²) in [5.41, 5.74) is 0.847. The van der Waals surface area contributed by atoms with Crippen LogP contribution in [0.15, 0.2) is 24.5 Å². The van der Waals surface area contributed by atoms with Crippen molar-refractivity contribution in [2.45, 2.75) is 19.4 Å². The molecule has 0 fully saturated rings. The highest BCUT2D eigenvalue weighted by atomic mass is 16.5. The molecule has 0 amide bonds. The number of nitrogens with zero attached hydrogens (tertiary/aromatic N) is 3. The number of hydrogen-bond donors (Lipinski definition) is 2. The van der Waals surface area contributed by atoms with Gasteiger partial charge in [0.25, 0.3) is 0 Å². The van der Waals surface area contributed by atoms with Gasteiger partial charge in [0.2, 0.25) is 0 Å². The third kappa shape index (κ3) is 3.48. The smallest absolute Gasteiger partial charge is 0.151 e. The van der Waals surface area contributed by atoms with Gasteiger partial charge in [-0.05, 0) is 13.0 Å². The lowest BCUT2D eigenvalue weighted by molar-refractivity contribution is 0.404. The van der Waals surface area contributed by atoms with Crippen LogP contribution < -0.4 is 10.1 Å². The molecule has 0 aliphatic carbocycles. The van der Waals surface area contributed by atoms with Crippen molar-refractivity contribution in [3.8, 4) is 11.5 Å². The van der Waals surface area contributed by atoms with E-state index in [-0.39, 0.29) is 11.8 Å². The quantitative estimate of drug-likeness (QED) is 0.835. The zero-order valence-corrected chi connectivity index (χ0v) is 12.0. The van der Waals surface area contributed by atoms with Gasteiger partial charge in [-0.1, -0.05) is 6.07 Å². The van der Waals surface area contributed by atoms with Crippen LogP contribution in [0.3, 0.4) is 0 Å².